The van der Waals surface area contributed by atoms with E-state index in [-0.39, 0.29) is 0 Å². The second-order valence-electron chi connectivity index (χ2n) is 4.54. The Morgan fingerprint density at radius 2 is 1.94 bits per heavy atom. The van der Waals surface area contributed by atoms with Crippen LogP contribution in [0.2, 0.25) is 0 Å². The van der Waals surface area contributed by atoms with Gasteiger partial charge in [0.05, 0.1) is 6.54 Å². The molecule has 0 unspecified atom stereocenters. The van der Waals surface area contributed by atoms with E-state index in [0.29, 0.717) is 0 Å². The number of nitrogens with zero attached hydrogens (tertiary/aromatic N) is 1. The zero-order valence-electron chi connectivity index (χ0n) is 10.6. The van der Waals surface area contributed by atoms with E-state index in [0.717, 1.165) is 24.6 Å². The SMILES string of the molecule is CCCCCCc1ccc(C2=NCCO2)cc1. The van der Waals surface area contributed by atoms with E-state index in [1.807, 2.05) is 0 Å². The third kappa shape index (κ3) is 3.58. The molecular weight excluding hydrogens is 210 g/mol. The standard InChI is InChI=1S/C15H21NO/c1-2-3-4-5-6-13-7-9-14(10-8-13)15-16-11-12-17-15/h7-10H,2-6,11-12H2,1H3. The fraction of sp³-hybridized carbons (Fsp3) is 0.533. The van der Waals surface area contributed by atoms with Crippen molar-refractivity contribution in [3.05, 3.63) is 35.4 Å². The zero-order valence-corrected chi connectivity index (χ0v) is 10.6. The summed E-state index contributed by atoms with van der Waals surface area (Å²) in [7, 11) is 0. The second kappa shape index (κ2) is 6.43. The number of aliphatic imine (C=N–C) groups is 1. The highest BCUT2D eigenvalue weighted by Crippen LogP contribution is 2.12. The largest absolute Gasteiger partial charge is 0.476 e. The Kier molecular flexibility index (Phi) is 4.60. The Balaban J connectivity index is 1.85. The topological polar surface area (TPSA) is 21.6 Å². The van der Waals surface area contributed by atoms with E-state index in [1.165, 1.54) is 37.7 Å². The highest BCUT2D eigenvalue weighted by molar-refractivity contribution is 5.94. The maximum absolute atomic E-state index is 5.44. The van der Waals surface area contributed by atoms with Crippen molar-refractivity contribution in [2.75, 3.05) is 13.2 Å². The van der Waals surface area contributed by atoms with Gasteiger partial charge in [-0.2, -0.15) is 0 Å². The molecule has 1 aliphatic heterocycles. The fourth-order valence-electron chi connectivity index (χ4n) is 2.08. The van der Waals surface area contributed by atoms with E-state index < -0.39 is 0 Å². The predicted octanol–water partition coefficient (Wildman–Crippen LogP) is 3.59. The van der Waals surface area contributed by atoms with Gasteiger partial charge in [0.1, 0.15) is 6.61 Å². The van der Waals surface area contributed by atoms with Gasteiger partial charge in [-0.1, -0.05) is 38.3 Å². The Morgan fingerprint density at radius 3 is 2.59 bits per heavy atom. The first-order valence-electron chi connectivity index (χ1n) is 6.66. The average molecular weight is 231 g/mol. The molecule has 1 aromatic rings. The molecule has 0 amide bonds. The molecule has 0 fully saturated rings. The van der Waals surface area contributed by atoms with Gasteiger partial charge >= 0.3 is 0 Å². The summed E-state index contributed by atoms with van der Waals surface area (Å²) in [5, 5.41) is 0. The number of benzene rings is 1. The molecule has 0 saturated heterocycles. The molecule has 1 heterocycles. The van der Waals surface area contributed by atoms with Gasteiger partial charge in [-0.15, -0.1) is 0 Å². The quantitative estimate of drug-likeness (QED) is 0.686. The maximum Gasteiger partial charge on any atom is 0.216 e. The Labute approximate surface area is 104 Å². The minimum atomic E-state index is 0.730. The maximum atomic E-state index is 5.44. The number of hydrogen-bond acceptors (Lipinski definition) is 2. The highest BCUT2D eigenvalue weighted by Gasteiger charge is 2.09. The molecular formula is C15H21NO. The van der Waals surface area contributed by atoms with E-state index in [1.54, 1.807) is 0 Å². The fourth-order valence-corrected chi connectivity index (χ4v) is 2.08. The van der Waals surface area contributed by atoms with Crippen LogP contribution in [0, 0.1) is 0 Å². The molecule has 2 heteroatoms. The molecule has 0 aliphatic carbocycles. The summed E-state index contributed by atoms with van der Waals surface area (Å²) in [5.41, 5.74) is 2.53. The van der Waals surface area contributed by atoms with Crippen molar-refractivity contribution in [3.8, 4) is 0 Å². The van der Waals surface area contributed by atoms with Crippen LogP contribution in [0.15, 0.2) is 29.3 Å². The average Bonchev–Trinajstić information content (AvgIpc) is 2.89. The van der Waals surface area contributed by atoms with Crippen molar-refractivity contribution in [2.24, 2.45) is 4.99 Å². The van der Waals surface area contributed by atoms with E-state index >= 15 is 0 Å². The van der Waals surface area contributed by atoms with Crippen LogP contribution in [-0.4, -0.2) is 19.0 Å². The van der Waals surface area contributed by atoms with Crippen LogP contribution >= 0.6 is 0 Å². The number of aryl methyl sites for hydroxylation is 1. The molecule has 2 rings (SSSR count). The lowest BCUT2D eigenvalue weighted by Gasteiger charge is -2.04. The van der Waals surface area contributed by atoms with Crippen molar-refractivity contribution in [3.63, 3.8) is 0 Å². The van der Waals surface area contributed by atoms with Crippen LogP contribution in [0.5, 0.6) is 0 Å². The molecule has 0 N–H and O–H groups in total. The number of unbranched alkanes of at least 4 members (excludes halogenated alkanes) is 3. The van der Waals surface area contributed by atoms with Crippen LogP contribution in [0.3, 0.4) is 0 Å². The molecule has 0 spiro atoms. The third-order valence-corrected chi connectivity index (χ3v) is 3.11. The molecule has 0 bridgehead atoms. The number of ether oxygens (including phenoxy) is 1. The summed E-state index contributed by atoms with van der Waals surface area (Å²) >= 11 is 0. The monoisotopic (exact) mass is 231 g/mol. The molecule has 1 aromatic carbocycles. The van der Waals surface area contributed by atoms with E-state index in [9.17, 15) is 0 Å². The van der Waals surface area contributed by atoms with Crippen LogP contribution < -0.4 is 0 Å². The lowest BCUT2D eigenvalue weighted by molar-refractivity contribution is 0.348. The van der Waals surface area contributed by atoms with Gasteiger partial charge in [-0.05, 0) is 30.5 Å². The number of rotatable bonds is 6. The van der Waals surface area contributed by atoms with Crippen LogP contribution in [0.4, 0.5) is 0 Å². The van der Waals surface area contributed by atoms with Gasteiger partial charge in [-0.25, -0.2) is 4.99 Å². The lowest BCUT2D eigenvalue weighted by Crippen LogP contribution is -2.00. The van der Waals surface area contributed by atoms with E-state index in [4.69, 9.17) is 4.74 Å². The normalized spacial score (nSPS) is 14.5. The van der Waals surface area contributed by atoms with Crippen molar-refractivity contribution >= 4 is 5.90 Å². The van der Waals surface area contributed by atoms with Crippen LogP contribution in [0.1, 0.15) is 43.7 Å². The molecule has 92 valence electrons. The van der Waals surface area contributed by atoms with Gasteiger partial charge < -0.3 is 4.74 Å². The summed E-state index contributed by atoms with van der Waals surface area (Å²) in [5.74, 6) is 0.808. The third-order valence-electron chi connectivity index (χ3n) is 3.11. The van der Waals surface area contributed by atoms with Crippen molar-refractivity contribution in [1.29, 1.82) is 0 Å². The van der Waals surface area contributed by atoms with Crippen LogP contribution in [0.25, 0.3) is 0 Å². The summed E-state index contributed by atoms with van der Waals surface area (Å²) < 4.78 is 5.44. The molecule has 0 saturated carbocycles. The first kappa shape index (κ1) is 12.2. The number of hydrogen-bond donors (Lipinski definition) is 0. The molecule has 0 atom stereocenters. The smallest absolute Gasteiger partial charge is 0.216 e. The van der Waals surface area contributed by atoms with Crippen molar-refractivity contribution in [2.45, 2.75) is 39.0 Å². The minimum Gasteiger partial charge on any atom is -0.476 e. The first-order valence-corrected chi connectivity index (χ1v) is 6.66. The van der Waals surface area contributed by atoms with Crippen LogP contribution in [-0.2, 0) is 11.2 Å². The lowest BCUT2D eigenvalue weighted by atomic mass is 10.0. The molecule has 2 nitrogen and oxygen atoms in total. The molecule has 0 radical (unpaired) electrons. The van der Waals surface area contributed by atoms with Gasteiger partial charge in [0.25, 0.3) is 0 Å². The Hall–Kier alpha value is -1.31. The zero-order chi connectivity index (χ0) is 11.9. The van der Waals surface area contributed by atoms with E-state index in [2.05, 4.69) is 36.2 Å². The van der Waals surface area contributed by atoms with Gasteiger partial charge in [0.15, 0.2) is 0 Å². The molecule has 0 aromatic heterocycles. The summed E-state index contributed by atoms with van der Waals surface area (Å²) in [4.78, 5) is 4.32. The van der Waals surface area contributed by atoms with Crippen molar-refractivity contribution < 1.29 is 4.74 Å². The second-order valence-corrected chi connectivity index (χ2v) is 4.54. The Bertz CT molecular complexity index is 367. The predicted molar refractivity (Wildman–Crippen MR) is 71.6 cm³/mol. The minimum absolute atomic E-state index is 0.730. The summed E-state index contributed by atoms with van der Waals surface area (Å²) in [6.07, 6.45) is 6.48. The van der Waals surface area contributed by atoms with Crippen molar-refractivity contribution in [1.82, 2.24) is 0 Å². The summed E-state index contributed by atoms with van der Waals surface area (Å²) in [6.45, 7) is 3.78. The highest BCUT2D eigenvalue weighted by atomic mass is 16.5. The molecule has 17 heavy (non-hydrogen) atoms. The first-order chi connectivity index (χ1) is 8.40. The summed E-state index contributed by atoms with van der Waals surface area (Å²) in [6, 6.07) is 8.65. The molecule has 1 aliphatic rings. The van der Waals surface area contributed by atoms with Gasteiger partial charge in [0, 0.05) is 5.56 Å². The van der Waals surface area contributed by atoms with Gasteiger partial charge in [0.2, 0.25) is 5.90 Å². The Morgan fingerprint density at radius 1 is 1.12 bits per heavy atom. The van der Waals surface area contributed by atoms with Gasteiger partial charge in [-0.3, -0.25) is 0 Å².